The number of likely N-dealkylation sites (N-methyl/N-ethyl adjacent to an activating group) is 1. The van der Waals surface area contributed by atoms with Gasteiger partial charge in [0.05, 0.1) is 18.0 Å². The van der Waals surface area contributed by atoms with Crippen LogP contribution in [0.1, 0.15) is 6.92 Å². The Morgan fingerprint density at radius 2 is 2.00 bits per heavy atom. The monoisotopic (exact) mass is 386 g/mol. The van der Waals surface area contributed by atoms with Crippen LogP contribution in [0.5, 0.6) is 0 Å². The maximum Gasteiger partial charge on any atom is 0.239 e. The molecule has 0 bridgehead atoms. The molecule has 0 fully saturated rings. The molecule has 6 nitrogen and oxygen atoms in total. The number of halogens is 1. The lowest BCUT2D eigenvalue weighted by Gasteiger charge is -2.04. The summed E-state index contributed by atoms with van der Waals surface area (Å²) in [6.07, 6.45) is 0. The van der Waals surface area contributed by atoms with Crippen LogP contribution in [-0.4, -0.2) is 40.4 Å². The minimum atomic E-state index is -0.334. The SMILES string of the molecule is CCNC(=O)CNC(=O)CSc1nn(-c2ccc(F)cc2)c(=S)s1. The van der Waals surface area contributed by atoms with Crippen LogP contribution in [0.15, 0.2) is 28.6 Å². The Balaban J connectivity index is 1.91. The van der Waals surface area contributed by atoms with E-state index in [-0.39, 0.29) is 29.9 Å². The van der Waals surface area contributed by atoms with Gasteiger partial charge in [0.25, 0.3) is 0 Å². The van der Waals surface area contributed by atoms with Crippen molar-refractivity contribution >= 4 is 47.1 Å². The van der Waals surface area contributed by atoms with Crippen LogP contribution >= 0.6 is 35.3 Å². The highest BCUT2D eigenvalue weighted by Crippen LogP contribution is 2.23. The molecule has 0 aliphatic rings. The molecule has 1 aromatic carbocycles. The molecule has 0 radical (unpaired) electrons. The lowest BCUT2D eigenvalue weighted by molar-refractivity contribution is -0.124. The van der Waals surface area contributed by atoms with Gasteiger partial charge in [0, 0.05) is 6.54 Å². The van der Waals surface area contributed by atoms with E-state index in [0.29, 0.717) is 20.5 Å². The number of hydrogen-bond acceptors (Lipinski definition) is 6. The second-order valence-electron chi connectivity index (χ2n) is 4.54. The van der Waals surface area contributed by atoms with Gasteiger partial charge < -0.3 is 10.6 Å². The van der Waals surface area contributed by atoms with Crippen molar-refractivity contribution in [2.24, 2.45) is 0 Å². The van der Waals surface area contributed by atoms with Crippen LogP contribution in [0.2, 0.25) is 0 Å². The molecule has 128 valence electrons. The Morgan fingerprint density at radius 3 is 2.67 bits per heavy atom. The molecule has 2 aromatic rings. The van der Waals surface area contributed by atoms with Gasteiger partial charge >= 0.3 is 0 Å². The highest BCUT2D eigenvalue weighted by molar-refractivity contribution is 8.01. The molecular formula is C14H15FN4O2S3. The molecule has 1 heterocycles. The molecule has 0 saturated carbocycles. The third-order valence-corrected chi connectivity index (χ3v) is 5.11. The van der Waals surface area contributed by atoms with E-state index in [4.69, 9.17) is 12.2 Å². The Morgan fingerprint density at radius 1 is 1.29 bits per heavy atom. The number of amides is 2. The van der Waals surface area contributed by atoms with Gasteiger partial charge in [-0.2, -0.15) is 0 Å². The minimum Gasteiger partial charge on any atom is -0.355 e. The fraction of sp³-hybridized carbons (Fsp3) is 0.286. The van der Waals surface area contributed by atoms with Gasteiger partial charge in [-0.1, -0.05) is 23.1 Å². The van der Waals surface area contributed by atoms with Crippen LogP contribution in [0.3, 0.4) is 0 Å². The normalized spacial score (nSPS) is 10.4. The maximum absolute atomic E-state index is 13.0. The van der Waals surface area contributed by atoms with Crippen LogP contribution in [-0.2, 0) is 9.59 Å². The van der Waals surface area contributed by atoms with Gasteiger partial charge in [-0.15, -0.1) is 5.10 Å². The van der Waals surface area contributed by atoms with Crippen molar-refractivity contribution in [1.29, 1.82) is 0 Å². The summed E-state index contributed by atoms with van der Waals surface area (Å²) in [7, 11) is 0. The number of aromatic nitrogens is 2. The minimum absolute atomic E-state index is 0.0486. The second-order valence-corrected chi connectivity index (χ2v) is 7.39. The smallest absolute Gasteiger partial charge is 0.239 e. The summed E-state index contributed by atoms with van der Waals surface area (Å²) in [6.45, 7) is 2.28. The molecule has 0 spiro atoms. The van der Waals surface area contributed by atoms with Crippen molar-refractivity contribution in [3.8, 4) is 5.69 Å². The molecule has 2 amide bonds. The van der Waals surface area contributed by atoms with E-state index in [1.165, 1.54) is 39.9 Å². The summed E-state index contributed by atoms with van der Waals surface area (Å²) in [6, 6.07) is 5.83. The van der Waals surface area contributed by atoms with Gasteiger partial charge in [-0.3, -0.25) is 9.59 Å². The van der Waals surface area contributed by atoms with E-state index >= 15 is 0 Å². The highest BCUT2D eigenvalue weighted by Gasteiger charge is 2.10. The molecule has 2 rings (SSSR count). The number of hydrogen-bond donors (Lipinski definition) is 2. The number of carbonyl (C=O) groups is 2. The quantitative estimate of drug-likeness (QED) is 0.563. The zero-order valence-corrected chi connectivity index (χ0v) is 15.2. The second kappa shape index (κ2) is 8.90. The van der Waals surface area contributed by atoms with Gasteiger partial charge in [-0.05, 0) is 43.4 Å². The average Bonchev–Trinajstić information content (AvgIpc) is 2.93. The zero-order chi connectivity index (χ0) is 17.5. The van der Waals surface area contributed by atoms with Crippen molar-refractivity contribution < 1.29 is 14.0 Å². The lowest BCUT2D eigenvalue weighted by atomic mass is 10.3. The first kappa shape index (κ1) is 18.6. The largest absolute Gasteiger partial charge is 0.355 e. The standard InChI is InChI=1S/C14H15FN4O2S3/c1-2-16-11(20)7-17-12(21)8-23-13-18-19(14(22)24-13)10-5-3-9(15)4-6-10/h3-6H,2,7-8H2,1H3,(H,16,20)(H,17,21). The van der Waals surface area contributed by atoms with Gasteiger partial charge in [0.1, 0.15) is 5.82 Å². The molecule has 1 aromatic heterocycles. The molecule has 24 heavy (non-hydrogen) atoms. The Kier molecular flexibility index (Phi) is 6.88. The number of benzene rings is 1. The Labute approximate surface area is 151 Å². The topological polar surface area (TPSA) is 76.0 Å². The Hall–Kier alpha value is -1.78. The fourth-order valence-corrected chi connectivity index (χ4v) is 3.87. The number of carbonyl (C=O) groups excluding carboxylic acids is 2. The van der Waals surface area contributed by atoms with Gasteiger partial charge in [0.15, 0.2) is 8.29 Å². The third kappa shape index (κ3) is 5.39. The third-order valence-electron chi connectivity index (χ3n) is 2.75. The molecule has 0 unspecified atom stereocenters. The number of nitrogens with one attached hydrogen (secondary N) is 2. The zero-order valence-electron chi connectivity index (χ0n) is 12.7. The molecule has 0 saturated heterocycles. The number of nitrogens with zero attached hydrogens (tertiary/aromatic N) is 2. The molecular weight excluding hydrogens is 371 g/mol. The van der Waals surface area contributed by atoms with Gasteiger partial charge in [-0.25, -0.2) is 9.07 Å². The number of rotatable bonds is 7. The lowest BCUT2D eigenvalue weighted by Crippen LogP contribution is -2.37. The summed E-state index contributed by atoms with van der Waals surface area (Å²) >= 11 is 7.73. The molecule has 0 aliphatic carbocycles. The van der Waals surface area contributed by atoms with Crippen LogP contribution < -0.4 is 10.6 Å². The van der Waals surface area contributed by atoms with Crippen molar-refractivity contribution in [2.45, 2.75) is 11.3 Å². The summed E-state index contributed by atoms with van der Waals surface area (Å²) in [5, 5.41) is 9.44. The van der Waals surface area contributed by atoms with Crippen molar-refractivity contribution in [1.82, 2.24) is 20.4 Å². The van der Waals surface area contributed by atoms with E-state index in [1.807, 2.05) is 0 Å². The summed E-state index contributed by atoms with van der Waals surface area (Å²) in [5.41, 5.74) is 0.658. The van der Waals surface area contributed by atoms with Crippen molar-refractivity contribution in [3.63, 3.8) is 0 Å². The first-order valence-corrected chi connectivity index (χ1v) is 9.23. The maximum atomic E-state index is 13.0. The summed E-state index contributed by atoms with van der Waals surface area (Å²) in [5.74, 6) is -0.697. The van der Waals surface area contributed by atoms with E-state index in [1.54, 1.807) is 19.1 Å². The molecule has 0 aliphatic heterocycles. The predicted molar refractivity (Wildman–Crippen MR) is 94.7 cm³/mol. The molecule has 10 heteroatoms. The fourth-order valence-electron chi connectivity index (χ4n) is 1.68. The van der Waals surface area contributed by atoms with E-state index in [2.05, 4.69) is 15.7 Å². The van der Waals surface area contributed by atoms with Gasteiger partial charge in [0.2, 0.25) is 11.8 Å². The van der Waals surface area contributed by atoms with Crippen LogP contribution in [0.4, 0.5) is 4.39 Å². The highest BCUT2D eigenvalue weighted by atomic mass is 32.2. The first-order chi connectivity index (χ1) is 11.5. The summed E-state index contributed by atoms with van der Waals surface area (Å²) < 4.78 is 15.6. The Bertz CT molecular complexity index is 773. The van der Waals surface area contributed by atoms with Crippen LogP contribution in [0.25, 0.3) is 5.69 Å². The molecule has 0 atom stereocenters. The predicted octanol–water partition coefficient (Wildman–Crippen LogP) is 2.15. The number of thioether (sulfide) groups is 1. The summed E-state index contributed by atoms with van der Waals surface area (Å²) in [4.78, 5) is 23.0. The van der Waals surface area contributed by atoms with E-state index in [0.717, 1.165) is 0 Å². The van der Waals surface area contributed by atoms with E-state index < -0.39 is 0 Å². The average molecular weight is 386 g/mol. The van der Waals surface area contributed by atoms with Crippen molar-refractivity contribution in [2.75, 3.05) is 18.8 Å². The van der Waals surface area contributed by atoms with E-state index in [9.17, 15) is 14.0 Å². The first-order valence-electron chi connectivity index (χ1n) is 7.02. The van der Waals surface area contributed by atoms with Crippen molar-refractivity contribution in [3.05, 3.63) is 34.0 Å². The molecule has 2 N–H and O–H groups in total. The van der Waals surface area contributed by atoms with Crippen LogP contribution in [0, 0.1) is 9.77 Å².